The molecule has 0 aliphatic carbocycles. The SMILES string of the molecule is Cc1c(C(=O)NCCN2CCCC2)cn2ncnc(C3C(=O)Nc4ccccc43)c12. The van der Waals surface area contributed by atoms with Crippen molar-refractivity contribution in [3.63, 3.8) is 0 Å². The molecule has 8 heteroatoms. The number of fused-ring (bicyclic) bond motifs is 2. The number of likely N-dealkylation sites (tertiary alicyclic amines) is 1. The highest BCUT2D eigenvalue weighted by atomic mass is 16.2. The highest BCUT2D eigenvalue weighted by Gasteiger charge is 2.35. The van der Waals surface area contributed by atoms with Crippen molar-refractivity contribution in [2.75, 3.05) is 31.5 Å². The van der Waals surface area contributed by atoms with Crippen molar-refractivity contribution in [3.8, 4) is 0 Å². The van der Waals surface area contributed by atoms with E-state index >= 15 is 0 Å². The van der Waals surface area contributed by atoms with E-state index in [0.29, 0.717) is 23.3 Å². The molecule has 3 aromatic rings. The van der Waals surface area contributed by atoms with Crippen LogP contribution in [-0.2, 0) is 4.79 Å². The minimum absolute atomic E-state index is 0.117. The van der Waals surface area contributed by atoms with Gasteiger partial charge >= 0.3 is 0 Å². The van der Waals surface area contributed by atoms with Gasteiger partial charge in [0.15, 0.2) is 0 Å². The molecule has 30 heavy (non-hydrogen) atoms. The van der Waals surface area contributed by atoms with E-state index in [2.05, 4.69) is 25.6 Å². The molecule has 1 aromatic carbocycles. The first-order chi connectivity index (χ1) is 14.6. The third-order valence-electron chi connectivity index (χ3n) is 6.08. The number of carbonyl (C=O) groups is 2. The van der Waals surface area contributed by atoms with Gasteiger partial charge in [-0.05, 0) is 50.0 Å². The molecular weight excluding hydrogens is 380 g/mol. The predicted octanol–water partition coefficient (Wildman–Crippen LogP) is 1.95. The smallest absolute Gasteiger partial charge is 0.253 e. The zero-order valence-corrected chi connectivity index (χ0v) is 16.9. The highest BCUT2D eigenvalue weighted by Crippen LogP contribution is 2.38. The summed E-state index contributed by atoms with van der Waals surface area (Å²) in [5.74, 6) is -0.764. The number of rotatable bonds is 5. The van der Waals surface area contributed by atoms with Crippen LogP contribution in [0.2, 0.25) is 0 Å². The van der Waals surface area contributed by atoms with Crippen LogP contribution < -0.4 is 10.6 Å². The molecule has 2 aliphatic rings. The molecule has 2 amide bonds. The van der Waals surface area contributed by atoms with E-state index in [1.807, 2.05) is 31.2 Å². The first-order valence-corrected chi connectivity index (χ1v) is 10.4. The predicted molar refractivity (Wildman–Crippen MR) is 113 cm³/mol. The van der Waals surface area contributed by atoms with Crippen LogP contribution in [0, 0.1) is 6.92 Å². The van der Waals surface area contributed by atoms with Crippen LogP contribution in [0.4, 0.5) is 5.69 Å². The lowest BCUT2D eigenvalue weighted by molar-refractivity contribution is -0.116. The van der Waals surface area contributed by atoms with Gasteiger partial charge in [-0.15, -0.1) is 0 Å². The van der Waals surface area contributed by atoms with Crippen LogP contribution >= 0.6 is 0 Å². The Morgan fingerprint density at radius 2 is 2.07 bits per heavy atom. The molecule has 0 radical (unpaired) electrons. The fourth-order valence-electron chi connectivity index (χ4n) is 4.54. The second-order valence-corrected chi connectivity index (χ2v) is 7.92. The fraction of sp³-hybridized carbons (Fsp3) is 0.364. The Morgan fingerprint density at radius 3 is 2.90 bits per heavy atom. The number of aromatic nitrogens is 3. The van der Waals surface area contributed by atoms with E-state index in [4.69, 9.17) is 0 Å². The molecule has 5 rings (SSSR count). The summed E-state index contributed by atoms with van der Waals surface area (Å²) < 4.78 is 1.65. The summed E-state index contributed by atoms with van der Waals surface area (Å²) in [4.78, 5) is 32.4. The second-order valence-electron chi connectivity index (χ2n) is 7.92. The quantitative estimate of drug-likeness (QED) is 0.678. The maximum absolute atomic E-state index is 12.8. The number of nitrogens with one attached hydrogen (secondary N) is 2. The molecule has 1 saturated heterocycles. The fourth-order valence-corrected chi connectivity index (χ4v) is 4.54. The van der Waals surface area contributed by atoms with E-state index in [-0.39, 0.29) is 11.8 Å². The van der Waals surface area contributed by atoms with Crippen LogP contribution in [0.3, 0.4) is 0 Å². The van der Waals surface area contributed by atoms with Gasteiger partial charge < -0.3 is 15.5 Å². The van der Waals surface area contributed by atoms with Crippen LogP contribution in [-0.4, -0.2) is 57.5 Å². The molecule has 2 N–H and O–H groups in total. The normalized spacial score (nSPS) is 18.6. The lowest BCUT2D eigenvalue weighted by Crippen LogP contribution is -2.33. The third kappa shape index (κ3) is 3.13. The number of para-hydroxylation sites is 1. The molecule has 0 saturated carbocycles. The Morgan fingerprint density at radius 1 is 1.27 bits per heavy atom. The van der Waals surface area contributed by atoms with Gasteiger partial charge in [0.05, 0.1) is 16.8 Å². The standard InChI is InChI=1S/C22H24N6O2/c1-14-16(21(29)23-8-11-27-9-4-5-10-27)12-28-20(14)19(24-13-25-28)18-15-6-2-3-7-17(15)26-22(18)30/h2-3,6-7,12-13,18H,4-5,8-11H2,1H3,(H,23,29)(H,26,30). The molecule has 0 spiro atoms. The summed E-state index contributed by atoms with van der Waals surface area (Å²) in [5, 5.41) is 10.2. The molecular formula is C22H24N6O2. The van der Waals surface area contributed by atoms with Crippen molar-refractivity contribution in [3.05, 3.63) is 59.2 Å². The van der Waals surface area contributed by atoms with E-state index in [1.54, 1.807) is 10.7 Å². The summed E-state index contributed by atoms with van der Waals surface area (Å²) in [5.41, 5.74) is 4.35. The van der Waals surface area contributed by atoms with E-state index < -0.39 is 5.92 Å². The molecule has 2 aliphatic heterocycles. The molecule has 4 heterocycles. The first kappa shape index (κ1) is 18.7. The van der Waals surface area contributed by atoms with Gasteiger partial charge in [0.1, 0.15) is 12.2 Å². The summed E-state index contributed by atoms with van der Waals surface area (Å²) in [6.07, 6.45) is 5.62. The summed E-state index contributed by atoms with van der Waals surface area (Å²) in [6.45, 7) is 5.57. The molecule has 1 fully saturated rings. The van der Waals surface area contributed by atoms with E-state index in [1.165, 1.54) is 19.2 Å². The Kier molecular flexibility index (Phi) is 4.71. The lowest BCUT2D eigenvalue weighted by Gasteiger charge is -2.14. The maximum Gasteiger partial charge on any atom is 0.253 e. The minimum atomic E-state index is -0.522. The number of aryl methyl sites for hydroxylation is 1. The molecule has 154 valence electrons. The number of anilines is 1. The maximum atomic E-state index is 12.8. The highest BCUT2D eigenvalue weighted by molar-refractivity contribution is 6.06. The Balaban J connectivity index is 1.45. The number of hydrogen-bond acceptors (Lipinski definition) is 5. The molecule has 8 nitrogen and oxygen atoms in total. The van der Waals surface area contributed by atoms with Crippen molar-refractivity contribution < 1.29 is 9.59 Å². The Bertz CT molecular complexity index is 1130. The Hall–Kier alpha value is -3.26. The zero-order valence-electron chi connectivity index (χ0n) is 16.9. The molecule has 1 atom stereocenters. The topological polar surface area (TPSA) is 91.6 Å². The number of amides is 2. The van der Waals surface area contributed by atoms with Gasteiger partial charge in [0.2, 0.25) is 5.91 Å². The summed E-state index contributed by atoms with van der Waals surface area (Å²) in [7, 11) is 0. The number of benzene rings is 1. The van der Waals surface area contributed by atoms with Crippen LogP contribution in [0.25, 0.3) is 5.52 Å². The van der Waals surface area contributed by atoms with Crippen LogP contribution in [0.5, 0.6) is 0 Å². The molecule has 0 bridgehead atoms. The van der Waals surface area contributed by atoms with Gasteiger partial charge in [-0.2, -0.15) is 5.10 Å². The van der Waals surface area contributed by atoms with Gasteiger partial charge in [-0.1, -0.05) is 18.2 Å². The summed E-state index contributed by atoms with van der Waals surface area (Å²) in [6, 6.07) is 7.62. The van der Waals surface area contributed by atoms with E-state index in [0.717, 1.165) is 36.4 Å². The van der Waals surface area contributed by atoms with Crippen LogP contribution in [0.1, 0.15) is 45.9 Å². The average molecular weight is 404 g/mol. The Labute approximate surface area is 174 Å². The molecule has 1 unspecified atom stereocenters. The van der Waals surface area contributed by atoms with Crippen molar-refractivity contribution >= 4 is 23.0 Å². The van der Waals surface area contributed by atoms with Crippen molar-refractivity contribution in [2.24, 2.45) is 0 Å². The number of nitrogens with zero attached hydrogens (tertiary/aromatic N) is 4. The summed E-state index contributed by atoms with van der Waals surface area (Å²) >= 11 is 0. The van der Waals surface area contributed by atoms with Gasteiger partial charge in [-0.3, -0.25) is 9.59 Å². The van der Waals surface area contributed by atoms with Gasteiger partial charge in [-0.25, -0.2) is 9.50 Å². The van der Waals surface area contributed by atoms with Crippen molar-refractivity contribution in [2.45, 2.75) is 25.7 Å². The number of carbonyl (C=O) groups excluding carboxylic acids is 2. The van der Waals surface area contributed by atoms with Crippen molar-refractivity contribution in [1.29, 1.82) is 0 Å². The van der Waals surface area contributed by atoms with Crippen LogP contribution in [0.15, 0.2) is 36.8 Å². The molecule has 2 aromatic heterocycles. The second kappa shape index (κ2) is 7.53. The largest absolute Gasteiger partial charge is 0.351 e. The van der Waals surface area contributed by atoms with Crippen molar-refractivity contribution in [1.82, 2.24) is 24.8 Å². The minimum Gasteiger partial charge on any atom is -0.351 e. The van der Waals surface area contributed by atoms with E-state index in [9.17, 15) is 9.59 Å². The monoisotopic (exact) mass is 404 g/mol. The first-order valence-electron chi connectivity index (χ1n) is 10.4. The zero-order chi connectivity index (χ0) is 20.7. The third-order valence-corrected chi connectivity index (χ3v) is 6.08. The number of hydrogen-bond donors (Lipinski definition) is 2. The van der Waals surface area contributed by atoms with Gasteiger partial charge in [0.25, 0.3) is 5.91 Å². The van der Waals surface area contributed by atoms with Gasteiger partial charge in [0, 0.05) is 25.0 Å². The lowest BCUT2D eigenvalue weighted by atomic mass is 9.95. The average Bonchev–Trinajstić information content (AvgIpc) is 3.45.